The molecule has 1 aliphatic heterocycles. The molecule has 3 rings (SSSR count). The van der Waals surface area contributed by atoms with Crippen LogP contribution in [0.4, 0.5) is 0 Å². The number of carbonyl (C=O) groups is 2. The van der Waals surface area contributed by atoms with E-state index in [-0.39, 0.29) is 11.6 Å². The average Bonchev–Trinajstić information content (AvgIpc) is 2.91. The molecule has 1 heterocycles. The van der Waals surface area contributed by atoms with Crippen LogP contribution in [0.5, 0.6) is 5.75 Å². The molecule has 1 aliphatic rings. The predicted octanol–water partition coefficient (Wildman–Crippen LogP) is 2.96. The molecule has 0 radical (unpaired) electrons. The first kappa shape index (κ1) is 14.7. The van der Waals surface area contributed by atoms with E-state index in [1.165, 1.54) is 13.0 Å². The van der Waals surface area contributed by atoms with Crippen LogP contribution in [-0.4, -0.2) is 17.8 Å². The summed E-state index contributed by atoms with van der Waals surface area (Å²) in [5.74, 6) is -0.352. The maximum Gasteiger partial charge on any atom is 0.363 e. The highest BCUT2D eigenvalue weighted by Crippen LogP contribution is 2.24. The normalized spacial score (nSPS) is 15.3. The third kappa shape index (κ3) is 3.35. The second-order valence-corrected chi connectivity index (χ2v) is 4.83. The molecule has 0 unspecified atom stereocenters. The van der Waals surface area contributed by atoms with Crippen molar-refractivity contribution in [1.29, 1.82) is 0 Å². The largest absolute Gasteiger partial charge is 0.426 e. The highest BCUT2D eigenvalue weighted by molar-refractivity contribution is 6.12. The van der Waals surface area contributed by atoms with Crippen LogP contribution < -0.4 is 4.74 Å². The van der Waals surface area contributed by atoms with Crippen molar-refractivity contribution in [3.05, 3.63) is 71.4 Å². The summed E-state index contributed by atoms with van der Waals surface area (Å²) in [6.07, 6.45) is 1.54. The van der Waals surface area contributed by atoms with Crippen molar-refractivity contribution in [2.24, 2.45) is 4.99 Å². The molecular weight excluding hydrogens is 294 g/mol. The monoisotopic (exact) mass is 307 g/mol. The summed E-state index contributed by atoms with van der Waals surface area (Å²) in [5.41, 5.74) is 1.45. The Morgan fingerprint density at radius 2 is 1.78 bits per heavy atom. The van der Waals surface area contributed by atoms with Crippen LogP contribution in [0.15, 0.2) is 65.3 Å². The van der Waals surface area contributed by atoms with E-state index in [2.05, 4.69) is 4.99 Å². The smallest absolute Gasteiger partial charge is 0.363 e. The van der Waals surface area contributed by atoms with E-state index in [4.69, 9.17) is 9.47 Å². The van der Waals surface area contributed by atoms with Gasteiger partial charge < -0.3 is 9.47 Å². The predicted molar refractivity (Wildman–Crippen MR) is 84.8 cm³/mol. The average molecular weight is 307 g/mol. The molecule has 0 amide bonds. The second kappa shape index (κ2) is 6.27. The van der Waals surface area contributed by atoms with Gasteiger partial charge in [0.1, 0.15) is 5.75 Å². The summed E-state index contributed by atoms with van der Waals surface area (Å²) in [6.45, 7) is 1.32. The molecule has 0 bridgehead atoms. The Morgan fingerprint density at radius 1 is 1.09 bits per heavy atom. The number of carbonyl (C=O) groups excluding carboxylic acids is 2. The van der Waals surface area contributed by atoms with E-state index in [0.717, 1.165) is 5.56 Å². The zero-order valence-corrected chi connectivity index (χ0v) is 12.4. The molecule has 0 aliphatic carbocycles. The molecule has 114 valence electrons. The van der Waals surface area contributed by atoms with E-state index in [1.54, 1.807) is 24.3 Å². The third-order valence-corrected chi connectivity index (χ3v) is 3.11. The molecule has 23 heavy (non-hydrogen) atoms. The van der Waals surface area contributed by atoms with Gasteiger partial charge in [-0.2, -0.15) is 0 Å². The van der Waals surface area contributed by atoms with Gasteiger partial charge in [0.25, 0.3) is 0 Å². The van der Waals surface area contributed by atoms with Crippen LogP contribution in [0.3, 0.4) is 0 Å². The van der Waals surface area contributed by atoms with E-state index in [1.807, 2.05) is 30.3 Å². The van der Waals surface area contributed by atoms with Gasteiger partial charge in [-0.1, -0.05) is 36.4 Å². The number of para-hydroxylation sites is 1. The van der Waals surface area contributed by atoms with Crippen molar-refractivity contribution >= 4 is 23.9 Å². The van der Waals surface area contributed by atoms with Crippen LogP contribution in [0, 0.1) is 0 Å². The molecule has 2 aromatic rings. The van der Waals surface area contributed by atoms with Crippen LogP contribution in [0.25, 0.3) is 6.08 Å². The van der Waals surface area contributed by atoms with Gasteiger partial charge in [-0.25, -0.2) is 9.79 Å². The Labute approximate surface area is 132 Å². The molecule has 0 spiro atoms. The lowest BCUT2D eigenvalue weighted by Crippen LogP contribution is -2.05. The summed E-state index contributed by atoms with van der Waals surface area (Å²) in [6, 6.07) is 16.1. The lowest BCUT2D eigenvalue weighted by molar-refractivity contribution is -0.132. The van der Waals surface area contributed by atoms with Gasteiger partial charge in [-0.3, -0.25) is 4.79 Å². The Morgan fingerprint density at radius 3 is 2.52 bits per heavy atom. The number of hydrogen-bond donors (Lipinski definition) is 0. The van der Waals surface area contributed by atoms with E-state index < -0.39 is 11.9 Å². The zero-order valence-electron chi connectivity index (χ0n) is 12.4. The Kier molecular flexibility index (Phi) is 4.01. The van der Waals surface area contributed by atoms with Gasteiger partial charge in [0, 0.05) is 18.1 Å². The molecule has 5 heteroatoms. The quantitative estimate of drug-likeness (QED) is 0.497. The molecule has 0 atom stereocenters. The number of hydrogen-bond acceptors (Lipinski definition) is 5. The Balaban J connectivity index is 1.95. The fourth-order valence-corrected chi connectivity index (χ4v) is 2.11. The first-order valence-corrected chi connectivity index (χ1v) is 6.99. The fourth-order valence-electron chi connectivity index (χ4n) is 2.11. The van der Waals surface area contributed by atoms with Crippen molar-refractivity contribution in [3.8, 4) is 5.75 Å². The Hall–Kier alpha value is -3.21. The summed E-state index contributed by atoms with van der Waals surface area (Å²) in [4.78, 5) is 27.3. The summed E-state index contributed by atoms with van der Waals surface area (Å²) >= 11 is 0. The van der Waals surface area contributed by atoms with Crippen molar-refractivity contribution in [1.82, 2.24) is 0 Å². The number of nitrogens with zero attached hydrogens (tertiary/aromatic N) is 1. The molecule has 5 nitrogen and oxygen atoms in total. The molecule has 0 fully saturated rings. The van der Waals surface area contributed by atoms with E-state index in [9.17, 15) is 9.59 Å². The summed E-state index contributed by atoms with van der Waals surface area (Å²) in [7, 11) is 0. The SMILES string of the molecule is CC(=O)Oc1ccccc1/C=C1/N=C(c2ccccc2)OC1=O. The zero-order chi connectivity index (χ0) is 16.2. The second-order valence-electron chi connectivity index (χ2n) is 4.83. The minimum Gasteiger partial charge on any atom is -0.426 e. The van der Waals surface area contributed by atoms with E-state index in [0.29, 0.717) is 11.3 Å². The minimum absolute atomic E-state index is 0.156. The Bertz CT molecular complexity index is 822. The lowest BCUT2D eigenvalue weighted by Gasteiger charge is -2.04. The summed E-state index contributed by atoms with van der Waals surface area (Å²) < 4.78 is 10.3. The lowest BCUT2D eigenvalue weighted by atomic mass is 10.1. The number of rotatable bonds is 3. The fraction of sp³-hybridized carbons (Fsp3) is 0.0556. The minimum atomic E-state index is -0.540. The third-order valence-electron chi connectivity index (χ3n) is 3.11. The molecular formula is C18H13NO4. The summed E-state index contributed by atoms with van der Waals surface area (Å²) in [5, 5.41) is 0. The van der Waals surface area contributed by atoms with Crippen LogP contribution >= 0.6 is 0 Å². The standard InChI is InChI=1S/C18H13NO4/c1-12(20)22-16-10-6-5-9-14(16)11-15-18(21)23-17(19-15)13-7-3-2-4-8-13/h2-11H,1H3/b15-11+. The van der Waals surface area contributed by atoms with Crippen LogP contribution in [0.2, 0.25) is 0 Å². The van der Waals surface area contributed by atoms with Gasteiger partial charge in [0.05, 0.1) is 0 Å². The molecule has 0 N–H and O–H groups in total. The van der Waals surface area contributed by atoms with Gasteiger partial charge >= 0.3 is 11.9 Å². The maximum absolute atomic E-state index is 12.0. The van der Waals surface area contributed by atoms with Crippen LogP contribution in [-0.2, 0) is 14.3 Å². The van der Waals surface area contributed by atoms with Gasteiger partial charge in [0.15, 0.2) is 5.70 Å². The molecule has 0 aromatic heterocycles. The van der Waals surface area contributed by atoms with Gasteiger partial charge in [-0.15, -0.1) is 0 Å². The molecule has 0 saturated heterocycles. The van der Waals surface area contributed by atoms with Crippen molar-refractivity contribution < 1.29 is 19.1 Å². The number of cyclic esters (lactones) is 1. The first-order chi connectivity index (χ1) is 11.1. The number of aliphatic imine (C=N–C) groups is 1. The van der Waals surface area contributed by atoms with Crippen LogP contribution in [0.1, 0.15) is 18.1 Å². The van der Waals surface area contributed by atoms with Crippen molar-refractivity contribution in [2.75, 3.05) is 0 Å². The number of esters is 2. The highest BCUT2D eigenvalue weighted by atomic mass is 16.6. The first-order valence-electron chi connectivity index (χ1n) is 6.99. The van der Waals surface area contributed by atoms with E-state index >= 15 is 0 Å². The maximum atomic E-state index is 12.0. The highest BCUT2D eigenvalue weighted by Gasteiger charge is 2.24. The van der Waals surface area contributed by atoms with Gasteiger partial charge in [0.2, 0.25) is 5.90 Å². The number of ether oxygens (including phenoxy) is 2. The number of benzene rings is 2. The van der Waals surface area contributed by atoms with Crippen molar-refractivity contribution in [2.45, 2.75) is 6.92 Å². The van der Waals surface area contributed by atoms with Gasteiger partial charge in [-0.05, 0) is 24.3 Å². The van der Waals surface area contributed by atoms with Crippen molar-refractivity contribution in [3.63, 3.8) is 0 Å². The topological polar surface area (TPSA) is 65.0 Å². The molecule has 2 aromatic carbocycles. The molecule has 0 saturated carbocycles.